The Bertz CT molecular complexity index is 772. The maximum atomic E-state index is 12.3. The van der Waals surface area contributed by atoms with Gasteiger partial charge in [0.05, 0.1) is 18.3 Å². The lowest BCUT2D eigenvalue weighted by Gasteiger charge is -2.44. The van der Waals surface area contributed by atoms with E-state index >= 15 is 0 Å². The fourth-order valence-corrected chi connectivity index (χ4v) is 3.63. The van der Waals surface area contributed by atoms with Gasteiger partial charge < -0.3 is 5.32 Å². The molecule has 1 aromatic carbocycles. The second kappa shape index (κ2) is 7.98. The lowest BCUT2D eigenvalue weighted by atomic mass is 9.97. The van der Waals surface area contributed by atoms with Crippen LogP contribution in [0.4, 0.5) is 0 Å². The summed E-state index contributed by atoms with van der Waals surface area (Å²) in [5.41, 5.74) is 1.64. The molecule has 1 atom stereocenters. The zero-order chi connectivity index (χ0) is 17.4. The lowest BCUT2D eigenvalue weighted by Crippen LogP contribution is -2.59. The van der Waals surface area contributed by atoms with Crippen molar-refractivity contribution < 1.29 is 4.79 Å². The van der Waals surface area contributed by atoms with E-state index in [1.807, 2.05) is 18.2 Å². The zero-order valence-corrected chi connectivity index (χ0v) is 16.5. The monoisotopic (exact) mass is 393 g/mol. The van der Waals surface area contributed by atoms with Crippen LogP contribution in [0.5, 0.6) is 0 Å². The van der Waals surface area contributed by atoms with E-state index in [2.05, 4.69) is 33.5 Å². The molecule has 0 spiro atoms. The Kier molecular flexibility index (Phi) is 5.89. The Morgan fingerprint density at radius 3 is 2.81 bits per heavy atom. The maximum absolute atomic E-state index is 12.3. The summed E-state index contributed by atoms with van der Waals surface area (Å²) >= 11 is 6.12. The molecule has 2 aliphatic rings. The van der Waals surface area contributed by atoms with Crippen molar-refractivity contribution in [2.75, 3.05) is 13.1 Å². The Hall–Kier alpha value is -1.57. The predicted octanol–water partition coefficient (Wildman–Crippen LogP) is 2.94. The largest absolute Gasteiger partial charge is 0.345 e. The minimum atomic E-state index is -0.132. The second-order valence-corrected chi connectivity index (χ2v) is 7.35. The first-order chi connectivity index (χ1) is 12.1. The Morgan fingerprint density at radius 1 is 1.38 bits per heavy atom. The van der Waals surface area contributed by atoms with Crippen LogP contribution in [0.25, 0.3) is 0 Å². The third kappa shape index (κ3) is 4.05. The van der Waals surface area contributed by atoms with Gasteiger partial charge in [-0.25, -0.2) is 4.68 Å². The number of amides is 1. The number of nitrogens with one attached hydrogen (secondary N) is 1. The van der Waals surface area contributed by atoms with Crippen LogP contribution in [0.15, 0.2) is 30.5 Å². The fourth-order valence-electron chi connectivity index (χ4n) is 3.43. The van der Waals surface area contributed by atoms with Crippen molar-refractivity contribution in [1.82, 2.24) is 25.2 Å². The van der Waals surface area contributed by atoms with Gasteiger partial charge in [0.2, 0.25) is 0 Å². The zero-order valence-electron chi connectivity index (χ0n) is 14.7. The predicted molar refractivity (Wildman–Crippen MR) is 106 cm³/mol. The minimum Gasteiger partial charge on any atom is -0.345 e. The Balaban J connectivity index is 0.00000196. The number of hydrogen-bond donors (Lipinski definition) is 1. The van der Waals surface area contributed by atoms with Crippen LogP contribution in [0.3, 0.4) is 0 Å². The average molecular weight is 394 g/mol. The van der Waals surface area contributed by atoms with E-state index in [0.717, 1.165) is 37.4 Å². The minimum absolute atomic E-state index is 0. The van der Waals surface area contributed by atoms with Crippen molar-refractivity contribution in [2.24, 2.45) is 0 Å². The molecule has 1 aliphatic heterocycles. The van der Waals surface area contributed by atoms with Crippen molar-refractivity contribution in [3.63, 3.8) is 0 Å². The number of aromatic nitrogens is 3. The van der Waals surface area contributed by atoms with Crippen LogP contribution in [0.1, 0.15) is 54.3 Å². The van der Waals surface area contributed by atoms with E-state index in [1.165, 1.54) is 5.56 Å². The van der Waals surface area contributed by atoms with Gasteiger partial charge in [0.25, 0.3) is 5.91 Å². The van der Waals surface area contributed by atoms with Crippen molar-refractivity contribution in [3.05, 3.63) is 46.7 Å². The van der Waals surface area contributed by atoms with E-state index in [4.69, 9.17) is 11.6 Å². The highest BCUT2D eigenvalue weighted by molar-refractivity contribution is 7.59. The molecule has 1 aromatic heterocycles. The molecule has 2 fully saturated rings. The number of likely N-dealkylation sites (tertiary alicyclic amines) is 1. The molecule has 6 nitrogen and oxygen atoms in total. The van der Waals surface area contributed by atoms with Crippen LogP contribution >= 0.6 is 25.1 Å². The van der Waals surface area contributed by atoms with E-state index in [1.54, 1.807) is 10.9 Å². The number of carbonyl (C=O) groups is 1. The van der Waals surface area contributed by atoms with Gasteiger partial charge in [-0.1, -0.05) is 35.9 Å². The average Bonchev–Trinajstić information content (AvgIpc) is 3.30. The van der Waals surface area contributed by atoms with Crippen LogP contribution < -0.4 is 5.32 Å². The third-order valence-electron chi connectivity index (χ3n) is 4.97. The molecule has 4 rings (SSSR count). The van der Waals surface area contributed by atoms with Gasteiger partial charge in [0.15, 0.2) is 5.69 Å². The van der Waals surface area contributed by atoms with Gasteiger partial charge in [-0.15, -0.1) is 5.10 Å². The van der Waals surface area contributed by atoms with E-state index in [0.29, 0.717) is 17.8 Å². The highest BCUT2D eigenvalue weighted by Crippen LogP contribution is 2.33. The van der Waals surface area contributed by atoms with Gasteiger partial charge in [0, 0.05) is 24.2 Å². The van der Waals surface area contributed by atoms with Crippen LogP contribution in [-0.2, 0) is 0 Å². The maximum Gasteiger partial charge on any atom is 0.273 e. The summed E-state index contributed by atoms with van der Waals surface area (Å²) < 4.78 is 1.80. The molecular weight excluding hydrogens is 370 g/mol. The Labute approximate surface area is 165 Å². The highest BCUT2D eigenvalue weighted by atomic mass is 35.5. The molecule has 26 heavy (non-hydrogen) atoms. The smallest absolute Gasteiger partial charge is 0.273 e. The van der Waals surface area contributed by atoms with Gasteiger partial charge in [-0.3, -0.25) is 9.69 Å². The summed E-state index contributed by atoms with van der Waals surface area (Å²) in [6, 6.07) is 8.96. The van der Waals surface area contributed by atoms with Crippen molar-refractivity contribution in [2.45, 2.75) is 44.3 Å². The molecule has 1 saturated carbocycles. The number of benzene rings is 1. The SMILES string of the molecule is CC[C@@H](c1cccc(Cl)c1)N1CC(NC(=O)c2cn(C3CC3)nn2)C1.S. The van der Waals surface area contributed by atoms with E-state index in [-0.39, 0.29) is 25.4 Å². The molecule has 2 heterocycles. The normalized spacial score (nSPS) is 18.7. The molecule has 1 aliphatic carbocycles. The second-order valence-electron chi connectivity index (χ2n) is 6.92. The molecule has 1 N–H and O–H groups in total. The number of nitrogens with zero attached hydrogens (tertiary/aromatic N) is 4. The molecule has 0 unspecified atom stereocenters. The van der Waals surface area contributed by atoms with Crippen LogP contribution in [0, 0.1) is 0 Å². The van der Waals surface area contributed by atoms with E-state index in [9.17, 15) is 4.79 Å². The van der Waals surface area contributed by atoms with E-state index < -0.39 is 0 Å². The molecule has 1 saturated heterocycles. The first kappa shape index (κ1) is 19.2. The summed E-state index contributed by atoms with van der Waals surface area (Å²) in [5.74, 6) is -0.132. The van der Waals surface area contributed by atoms with Gasteiger partial charge in [-0.05, 0) is 37.0 Å². The topological polar surface area (TPSA) is 63.1 Å². The fraction of sp³-hybridized carbons (Fsp3) is 0.500. The third-order valence-corrected chi connectivity index (χ3v) is 5.20. The quantitative estimate of drug-likeness (QED) is 0.819. The van der Waals surface area contributed by atoms with Gasteiger partial charge in [-0.2, -0.15) is 13.5 Å². The molecule has 2 aromatic rings. The molecule has 1 amide bonds. The van der Waals surface area contributed by atoms with Crippen LogP contribution in [0.2, 0.25) is 5.02 Å². The number of carbonyl (C=O) groups excluding carboxylic acids is 1. The van der Waals surface area contributed by atoms with Gasteiger partial charge >= 0.3 is 0 Å². The number of hydrogen-bond acceptors (Lipinski definition) is 4. The van der Waals surface area contributed by atoms with Crippen molar-refractivity contribution in [1.29, 1.82) is 0 Å². The highest BCUT2D eigenvalue weighted by Gasteiger charge is 2.34. The number of rotatable bonds is 6. The summed E-state index contributed by atoms with van der Waals surface area (Å²) in [7, 11) is 0. The first-order valence-electron chi connectivity index (χ1n) is 8.86. The first-order valence-corrected chi connectivity index (χ1v) is 9.24. The summed E-state index contributed by atoms with van der Waals surface area (Å²) in [4.78, 5) is 14.7. The summed E-state index contributed by atoms with van der Waals surface area (Å²) in [5, 5.41) is 11.8. The molecule has 8 heteroatoms. The lowest BCUT2D eigenvalue weighted by molar-refractivity contribution is 0.0615. The molecule has 0 radical (unpaired) electrons. The molecular formula is C18H24ClN5OS. The van der Waals surface area contributed by atoms with Crippen LogP contribution in [-0.4, -0.2) is 44.9 Å². The van der Waals surface area contributed by atoms with Crippen molar-refractivity contribution >= 4 is 31.0 Å². The van der Waals surface area contributed by atoms with Crippen molar-refractivity contribution in [3.8, 4) is 0 Å². The summed E-state index contributed by atoms with van der Waals surface area (Å²) in [6.45, 7) is 3.86. The van der Waals surface area contributed by atoms with Gasteiger partial charge in [0.1, 0.15) is 0 Å². The Morgan fingerprint density at radius 2 is 2.15 bits per heavy atom. The standard InChI is InChI=1S/C18H22ClN5O.H2S/c1-2-17(12-4-3-5-13(19)8-12)23-9-14(10-23)20-18(25)16-11-24(22-21-16)15-6-7-15;/h3-5,8,11,14-15,17H,2,6-7,9-10H2,1H3,(H,20,25);1H2/t17-;/m0./s1. The molecule has 140 valence electrons. The molecule has 0 bridgehead atoms. The number of halogens is 1. The summed E-state index contributed by atoms with van der Waals surface area (Å²) in [6.07, 6.45) is 5.02.